The Morgan fingerprint density at radius 3 is 2.90 bits per heavy atom. The van der Waals surface area contributed by atoms with Gasteiger partial charge in [0.25, 0.3) is 0 Å². The van der Waals surface area contributed by atoms with Crippen molar-refractivity contribution in [2.75, 3.05) is 7.11 Å². The van der Waals surface area contributed by atoms with Crippen molar-refractivity contribution >= 4 is 27.9 Å². The van der Waals surface area contributed by atoms with Gasteiger partial charge in [-0.1, -0.05) is 17.3 Å². The second-order valence-corrected chi connectivity index (χ2v) is 5.39. The molecule has 0 amide bonds. The number of aldehydes is 1. The molecule has 0 bridgehead atoms. The number of halogens is 1. The van der Waals surface area contributed by atoms with Crippen LogP contribution in [0.1, 0.15) is 28.1 Å². The van der Waals surface area contributed by atoms with Crippen LogP contribution in [0.15, 0.2) is 38.3 Å². The molecular weight excluding hydrogens is 322 g/mol. The molecule has 1 aliphatic carbocycles. The van der Waals surface area contributed by atoms with Crippen LogP contribution in [0, 0.1) is 0 Å². The molecule has 0 radical (unpaired) electrons. The van der Waals surface area contributed by atoms with E-state index >= 15 is 0 Å². The Balaban J connectivity index is 2.03. The molecule has 3 rings (SSSR count). The molecule has 0 atom stereocenters. The summed E-state index contributed by atoms with van der Waals surface area (Å²) in [4.78, 5) is 15.6. The SMILES string of the molecule is CO/N=C1/CCc2cc(-c3oc(C=O)cc3Br)ccc21. The van der Waals surface area contributed by atoms with Crippen molar-refractivity contribution in [1.82, 2.24) is 0 Å². The van der Waals surface area contributed by atoms with E-state index in [0.29, 0.717) is 17.8 Å². The zero-order valence-corrected chi connectivity index (χ0v) is 12.4. The molecule has 0 fully saturated rings. The van der Waals surface area contributed by atoms with Gasteiger partial charge in [-0.3, -0.25) is 4.79 Å². The van der Waals surface area contributed by atoms with Gasteiger partial charge in [0.15, 0.2) is 12.0 Å². The van der Waals surface area contributed by atoms with E-state index < -0.39 is 0 Å². The van der Waals surface area contributed by atoms with Crippen molar-refractivity contribution < 1.29 is 14.0 Å². The number of carbonyl (C=O) groups is 1. The molecular formula is C15H12BrNO3. The van der Waals surface area contributed by atoms with E-state index in [1.165, 1.54) is 5.56 Å². The standard InChI is InChI=1S/C15H12BrNO3/c1-19-17-14-5-3-9-6-10(2-4-12(9)14)15-13(16)7-11(8-18)20-15/h2,4,6-8H,3,5H2,1H3/b17-14-. The predicted octanol–water partition coefficient (Wildman–Crippen LogP) is 3.82. The van der Waals surface area contributed by atoms with Gasteiger partial charge in [-0.25, -0.2) is 0 Å². The summed E-state index contributed by atoms with van der Waals surface area (Å²) in [5.41, 5.74) is 4.26. The maximum atomic E-state index is 10.8. The maximum absolute atomic E-state index is 10.8. The van der Waals surface area contributed by atoms with Crippen LogP contribution in [0.25, 0.3) is 11.3 Å². The third-order valence-corrected chi connectivity index (χ3v) is 3.92. The van der Waals surface area contributed by atoms with Crippen LogP contribution in [-0.4, -0.2) is 19.1 Å². The van der Waals surface area contributed by atoms with Crippen molar-refractivity contribution in [3.8, 4) is 11.3 Å². The number of carbonyl (C=O) groups excluding carboxylic acids is 1. The van der Waals surface area contributed by atoms with Gasteiger partial charge in [0.05, 0.1) is 10.2 Å². The highest BCUT2D eigenvalue weighted by Gasteiger charge is 2.20. The second-order valence-electron chi connectivity index (χ2n) is 4.54. The van der Waals surface area contributed by atoms with Gasteiger partial charge in [-0.05, 0) is 40.4 Å². The number of oxime groups is 1. The van der Waals surface area contributed by atoms with E-state index in [0.717, 1.165) is 34.2 Å². The number of rotatable bonds is 3. The van der Waals surface area contributed by atoms with Crippen LogP contribution in [0.5, 0.6) is 0 Å². The van der Waals surface area contributed by atoms with E-state index in [1.807, 2.05) is 12.1 Å². The highest BCUT2D eigenvalue weighted by molar-refractivity contribution is 9.10. The Hall–Kier alpha value is -1.88. The number of nitrogens with zero attached hydrogens (tertiary/aromatic N) is 1. The molecule has 1 aromatic heterocycles. The minimum atomic E-state index is 0.314. The largest absolute Gasteiger partial charge is 0.452 e. The smallest absolute Gasteiger partial charge is 0.185 e. The van der Waals surface area contributed by atoms with E-state index in [2.05, 4.69) is 27.2 Å². The molecule has 2 aromatic rings. The Labute approximate surface area is 124 Å². The van der Waals surface area contributed by atoms with E-state index in [4.69, 9.17) is 9.25 Å². The van der Waals surface area contributed by atoms with Crippen molar-refractivity contribution in [2.45, 2.75) is 12.8 Å². The number of furan rings is 1. The average molecular weight is 334 g/mol. The van der Waals surface area contributed by atoms with Crippen molar-refractivity contribution in [3.63, 3.8) is 0 Å². The lowest BCUT2D eigenvalue weighted by atomic mass is 10.0. The van der Waals surface area contributed by atoms with E-state index in [9.17, 15) is 4.79 Å². The summed E-state index contributed by atoms with van der Waals surface area (Å²) in [6, 6.07) is 7.73. The predicted molar refractivity (Wildman–Crippen MR) is 79.1 cm³/mol. The molecule has 1 aromatic carbocycles. The molecule has 1 heterocycles. The zero-order chi connectivity index (χ0) is 14.1. The zero-order valence-electron chi connectivity index (χ0n) is 10.9. The molecule has 0 saturated carbocycles. The summed E-state index contributed by atoms with van der Waals surface area (Å²) in [6.07, 6.45) is 2.51. The van der Waals surface area contributed by atoms with Gasteiger partial charge < -0.3 is 9.25 Å². The summed E-state index contributed by atoms with van der Waals surface area (Å²) in [7, 11) is 1.56. The minimum absolute atomic E-state index is 0.314. The van der Waals surface area contributed by atoms with Crippen LogP contribution in [0.2, 0.25) is 0 Å². The fourth-order valence-electron chi connectivity index (χ4n) is 2.46. The quantitative estimate of drug-likeness (QED) is 0.633. The van der Waals surface area contributed by atoms with Gasteiger partial charge in [-0.2, -0.15) is 0 Å². The lowest BCUT2D eigenvalue weighted by Crippen LogP contribution is -1.94. The summed E-state index contributed by atoms with van der Waals surface area (Å²) in [5, 5.41) is 4.04. The van der Waals surface area contributed by atoms with Crippen molar-refractivity contribution in [3.05, 3.63) is 45.6 Å². The Kier molecular flexibility index (Phi) is 3.44. The van der Waals surface area contributed by atoms with Crippen LogP contribution in [-0.2, 0) is 11.3 Å². The number of aryl methyl sites for hydroxylation is 1. The van der Waals surface area contributed by atoms with Crippen LogP contribution in [0.3, 0.4) is 0 Å². The van der Waals surface area contributed by atoms with Gasteiger partial charge in [0.2, 0.25) is 0 Å². The third-order valence-electron chi connectivity index (χ3n) is 3.33. The van der Waals surface area contributed by atoms with Crippen molar-refractivity contribution in [2.24, 2.45) is 5.16 Å². The lowest BCUT2D eigenvalue weighted by Gasteiger charge is -2.03. The lowest BCUT2D eigenvalue weighted by molar-refractivity contribution is 0.110. The first-order valence-electron chi connectivity index (χ1n) is 6.21. The topological polar surface area (TPSA) is 51.8 Å². The fourth-order valence-corrected chi connectivity index (χ4v) is 2.99. The van der Waals surface area contributed by atoms with Gasteiger partial charge >= 0.3 is 0 Å². The summed E-state index contributed by atoms with van der Waals surface area (Å²) in [6.45, 7) is 0. The first-order valence-corrected chi connectivity index (χ1v) is 7.00. The number of benzene rings is 1. The average Bonchev–Trinajstić information content (AvgIpc) is 3.03. The highest BCUT2D eigenvalue weighted by atomic mass is 79.9. The van der Waals surface area contributed by atoms with E-state index in [1.54, 1.807) is 13.2 Å². The van der Waals surface area contributed by atoms with Crippen LogP contribution < -0.4 is 0 Å². The summed E-state index contributed by atoms with van der Waals surface area (Å²) in [5.74, 6) is 0.987. The molecule has 20 heavy (non-hydrogen) atoms. The molecule has 0 unspecified atom stereocenters. The summed E-state index contributed by atoms with van der Waals surface area (Å²) >= 11 is 3.42. The molecule has 0 N–H and O–H groups in total. The molecule has 102 valence electrons. The summed E-state index contributed by atoms with van der Waals surface area (Å²) < 4.78 is 6.29. The number of fused-ring (bicyclic) bond motifs is 1. The fraction of sp³-hybridized carbons (Fsp3) is 0.200. The van der Waals surface area contributed by atoms with Gasteiger partial charge in [-0.15, -0.1) is 0 Å². The molecule has 4 nitrogen and oxygen atoms in total. The first kappa shape index (κ1) is 13.1. The Morgan fingerprint density at radius 1 is 1.35 bits per heavy atom. The third kappa shape index (κ3) is 2.18. The molecule has 5 heteroatoms. The molecule has 0 aliphatic heterocycles. The van der Waals surface area contributed by atoms with Gasteiger partial charge in [0, 0.05) is 17.2 Å². The second kappa shape index (κ2) is 5.25. The maximum Gasteiger partial charge on any atom is 0.185 e. The van der Waals surface area contributed by atoms with Crippen LogP contribution in [0.4, 0.5) is 0 Å². The first-order chi connectivity index (χ1) is 9.72. The molecule has 0 saturated heterocycles. The molecule has 0 spiro atoms. The van der Waals surface area contributed by atoms with Gasteiger partial charge in [0.1, 0.15) is 12.9 Å². The molecule has 1 aliphatic rings. The normalized spacial score (nSPS) is 15.4. The number of hydrogen-bond acceptors (Lipinski definition) is 4. The van der Waals surface area contributed by atoms with Crippen LogP contribution >= 0.6 is 15.9 Å². The number of hydrogen-bond donors (Lipinski definition) is 0. The van der Waals surface area contributed by atoms with Crippen molar-refractivity contribution in [1.29, 1.82) is 0 Å². The minimum Gasteiger partial charge on any atom is -0.452 e. The van der Waals surface area contributed by atoms with E-state index in [-0.39, 0.29) is 0 Å². The Morgan fingerprint density at radius 2 is 2.20 bits per heavy atom. The monoisotopic (exact) mass is 333 g/mol. The Bertz CT molecular complexity index is 703. The highest BCUT2D eigenvalue weighted by Crippen LogP contribution is 2.34.